The molecule has 5 atom stereocenters. The second kappa shape index (κ2) is 9.20. The zero-order valence-corrected chi connectivity index (χ0v) is 22.3. The summed E-state index contributed by atoms with van der Waals surface area (Å²) in [5.41, 5.74) is 5.10. The number of aliphatic hydroxyl groups excluding tert-OH is 1. The molecule has 0 aromatic heterocycles. The van der Waals surface area contributed by atoms with Gasteiger partial charge in [0.25, 0.3) is 0 Å². The Morgan fingerprint density at radius 1 is 1.11 bits per heavy atom. The van der Waals surface area contributed by atoms with Crippen molar-refractivity contribution in [3.63, 3.8) is 0 Å². The summed E-state index contributed by atoms with van der Waals surface area (Å²) in [4.78, 5) is 4.38. The zero-order valence-electron chi connectivity index (χ0n) is 22.3. The highest BCUT2D eigenvalue weighted by molar-refractivity contribution is 5.66. The number of ether oxygens (including phenoxy) is 5. The van der Waals surface area contributed by atoms with E-state index in [1.165, 1.54) is 0 Å². The highest BCUT2D eigenvalue weighted by atomic mass is 16.7. The van der Waals surface area contributed by atoms with Crippen LogP contribution in [0.1, 0.15) is 45.5 Å². The summed E-state index contributed by atoms with van der Waals surface area (Å²) in [6.45, 7) is 3.68. The van der Waals surface area contributed by atoms with E-state index in [0.29, 0.717) is 47.0 Å². The van der Waals surface area contributed by atoms with Gasteiger partial charge >= 0.3 is 0 Å². The van der Waals surface area contributed by atoms with Crippen molar-refractivity contribution >= 4 is 0 Å². The number of fused-ring (bicyclic) bond motifs is 9. The molecule has 6 rings (SSSR count). The third kappa shape index (κ3) is 3.26. The van der Waals surface area contributed by atoms with Gasteiger partial charge in [0.05, 0.1) is 31.9 Å². The highest BCUT2D eigenvalue weighted by Crippen LogP contribution is 2.58. The molecule has 38 heavy (non-hydrogen) atoms. The maximum Gasteiger partial charge on any atom is 0.231 e. The molecule has 10 heteroatoms. The Kier molecular flexibility index (Phi) is 6.07. The number of nitrogens with zero attached hydrogens (tertiary/aromatic N) is 3. The molecule has 4 aliphatic heterocycles. The third-order valence-corrected chi connectivity index (χ3v) is 8.77. The van der Waals surface area contributed by atoms with Crippen LogP contribution < -0.4 is 18.9 Å². The van der Waals surface area contributed by atoms with E-state index in [0.717, 1.165) is 22.3 Å². The van der Waals surface area contributed by atoms with Crippen LogP contribution in [-0.2, 0) is 17.6 Å². The molecule has 4 heterocycles. The molecule has 0 amide bonds. The maximum atomic E-state index is 11.3. The van der Waals surface area contributed by atoms with Crippen molar-refractivity contribution in [2.75, 3.05) is 41.5 Å². The van der Waals surface area contributed by atoms with Crippen LogP contribution in [0.25, 0.3) is 0 Å². The van der Waals surface area contributed by atoms with Crippen molar-refractivity contribution in [3.05, 3.63) is 39.4 Å². The molecule has 0 saturated carbocycles. The van der Waals surface area contributed by atoms with Crippen molar-refractivity contribution < 1.29 is 33.9 Å². The van der Waals surface area contributed by atoms with Gasteiger partial charge in [-0.15, -0.1) is 0 Å². The summed E-state index contributed by atoms with van der Waals surface area (Å²) >= 11 is 0. The lowest BCUT2D eigenvalue weighted by atomic mass is 9.71. The van der Waals surface area contributed by atoms with Crippen molar-refractivity contribution in [2.45, 2.75) is 56.9 Å². The maximum absolute atomic E-state index is 11.3. The minimum Gasteiger partial charge on any atom is -0.507 e. The summed E-state index contributed by atoms with van der Waals surface area (Å²) < 4.78 is 28.8. The number of rotatable bonds is 5. The standard InChI is InChI=1S/C28H33N3O7/c1-13-6-15-7-17-19(9-29)31-18(23(30(17)3)21(15)27(25(13)35-5)36-11-34-4)8-16-22(20(31)10-32)28-26(37-12-38-28)14(2)24(16)33/h6,17-20,23,32-33H,7-8,10-12H2,1-5H3/t17?,18-,19-,20?,23?/m0/s1. The molecule has 0 radical (unpaired) electrons. The predicted octanol–water partition coefficient (Wildman–Crippen LogP) is 2.49. The summed E-state index contributed by atoms with van der Waals surface area (Å²) in [6.07, 6.45) is 1.09. The number of aliphatic hydroxyl groups is 1. The normalized spacial score (nSPS) is 27.2. The monoisotopic (exact) mass is 523 g/mol. The highest BCUT2D eigenvalue weighted by Gasteiger charge is 2.56. The van der Waals surface area contributed by atoms with E-state index >= 15 is 0 Å². The predicted molar refractivity (Wildman–Crippen MR) is 136 cm³/mol. The van der Waals surface area contributed by atoms with E-state index < -0.39 is 12.1 Å². The fourth-order valence-electron chi connectivity index (χ4n) is 7.26. The van der Waals surface area contributed by atoms with Crippen molar-refractivity contribution in [3.8, 4) is 34.8 Å². The van der Waals surface area contributed by atoms with Gasteiger partial charge in [0, 0.05) is 41.4 Å². The summed E-state index contributed by atoms with van der Waals surface area (Å²) in [5.74, 6) is 2.48. The van der Waals surface area contributed by atoms with Crippen LogP contribution in [0.4, 0.5) is 0 Å². The number of nitriles is 1. The van der Waals surface area contributed by atoms with Crippen LogP contribution in [0.15, 0.2) is 6.07 Å². The van der Waals surface area contributed by atoms with Crippen molar-refractivity contribution in [1.82, 2.24) is 9.80 Å². The van der Waals surface area contributed by atoms with E-state index in [1.54, 1.807) is 14.2 Å². The summed E-state index contributed by atoms with van der Waals surface area (Å²) in [5, 5.41) is 32.6. The molecule has 2 bridgehead atoms. The second-order valence-electron chi connectivity index (χ2n) is 10.5. The van der Waals surface area contributed by atoms with Gasteiger partial charge in [-0.2, -0.15) is 5.26 Å². The van der Waals surface area contributed by atoms with Crippen molar-refractivity contribution in [2.24, 2.45) is 0 Å². The molecule has 202 valence electrons. The molecular weight excluding hydrogens is 490 g/mol. The number of hydrogen-bond donors (Lipinski definition) is 2. The minimum absolute atomic E-state index is 0.0516. The molecule has 2 N–H and O–H groups in total. The number of benzene rings is 2. The van der Waals surface area contributed by atoms with Gasteiger partial charge in [-0.05, 0) is 44.9 Å². The fraction of sp³-hybridized carbons (Fsp3) is 0.536. The van der Waals surface area contributed by atoms with Crippen LogP contribution in [0.5, 0.6) is 28.7 Å². The number of aryl methyl sites for hydroxylation is 1. The SMILES string of the molecule is COCOc1c(OC)c(C)cc2c1C1[C@@H]3Cc4c(O)c(C)c5c(c4C(CO)N3[C@@H](C#N)C(C2)N1C)OCO5. The average molecular weight is 524 g/mol. The van der Waals surface area contributed by atoms with Gasteiger partial charge in [0.2, 0.25) is 6.79 Å². The van der Waals surface area contributed by atoms with Crippen LogP contribution in [0.3, 0.4) is 0 Å². The number of hydrogen-bond acceptors (Lipinski definition) is 10. The Morgan fingerprint density at radius 3 is 2.55 bits per heavy atom. The molecule has 2 aromatic carbocycles. The molecule has 1 saturated heterocycles. The molecule has 3 unspecified atom stereocenters. The van der Waals surface area contributed by atoms with Gasteiger partial charge in [-0.1, -0.05) is 6.07 Å². The van der Waals surface area contributed by atoms with E-state index in [9.17, 15) is 15.5 Å². The van der Waals surface area contributed by atoms with E-state index in [1.807, 2.05) is 20.9 Å². The Hall–Kier alpha value is -3.23. The number of phenolic OH excluding ortho intramolecular Hbond substituents is 1. The summed E-state index contributed by atoms with van der Waals surface area (Å²) in [6, 6.07) is 3.09. The van der Waals surface area contributed by atoms with Crippen molar-refractivity contribution in [1.29, 1.82) is 5.26 Å². The lowest BCUT2D eigenvalue weighted by Crippen LogP contribution is -2.68. The summed E-state index contributed by atoms with van der Waals surface area (Å²) in [7, 11) is 5.25. The Balaban J connectivity index is 1.60. The molecule has 10 nitrogen and oxygen atoms in total. The van der Waals surface area contributed by atoms with E-state index in [-0.39, 0.29) is 44.1 Å². The molecule has 0 aliphatic carbocycles. The molecule has 1 fully saturated rings. The first-order chi connectivity index (χ1) is 18.4. The van der Waals surface area contributed by atoms with Crippen LogP contribution in [0.2, 0.25) is 0 Å². The topological polar surface area (TPSA) is 117 Å². The second-order valence-corrected chi connectivity index (χ2v) is 10.5. The Bertz CT molecular complexity index is 1340. The Labute approximate surface area is 221 Å². The number of aromatic hydroxyl groups is 1. The zero-order chi connectivity index (χ0) is 26.9. The van der Waals surface area contributed by atoms with Crippen LogP contribution in [-0.4, -0.2) is 79.6 Å². The third-order valence-electron chi connectivity index (χ3n) is 8.77. The quantitative estimate of drug-likeness (QED) is 0.566. The molecule has 4 aliphatic rings. The number of piperazine rings is 1. The van der Waals surface area contributed by atoms with Crippen LogP contribution >= 0.6 is 0 Å². The molecular formula is C28H33N3O7. The minimum atomic E-state index is -0.550. The first kappa shape index (κ1) is 25.1. The van der Waals surface area contributed by atoms with Crippen LogP contribution in [0, 0.1) is 25.2 Å². The average Bonchev–Trinajstić information content (AvgIpc) is 3.40. The lowest BCUT2D eigenvalue weighted by Gasteiger charge is -2.59. The van der Waals surface area contributed by atoms with Gasteiger partial charge < -0.3 is 33.9 Å². The molecule has 2 aromatic rings. The van der Waals surface area contributed by atoms with E-state index in [2.05, 4.69) is 21.9 Å². The number of methoxy groups -OCH3 is 2. The van der Waals surface area contributed by atoms with Gasteiger partial charge in [-0.3, -0.25) is 9.80 Å². The number of phenols is 1. The van der Waals surface area contributed by atoms with Gasteiger partial charge in [0.15, 0.2) is 29.8 Å². The fourth-order valence-corrected chi connectivity index (χ4v) is 7.26. The number of likely N-dealkylation sites (N-methyl/N-ethyl adjacent to an activating group) is 1. The molecule has 0 spiro atoms. The van der Waals surface area contributed by atoms with E-state index in [4.69, 9.17) is 23.7 Å². The largest absolute Gasteiger partial charge is 0.507 e. The van der Waals surface area contributed by atoms with Gasteiger partial charge in [0.1, 0.15) is 11.8 Å². The smallest absolute Gasteiger partial charge is 0.231 e. The first-order valence-corrected chi connectivity index (χ1v) is 12.8. The lowest BCUT2D eigenvalue weighted by molar-refractivity contribution is -0.0832. The Morgan fingerprint density at radius 2 is 1.87 bits per heavy atom. The van der Waals surface area contributed by atoms with Gasteiger partial charge in [-0.25, -0.2) is 0 Å². The first-order valence-electron chi connectivity index (χ1n) is 12.8.